The van der Waals surface area contributed by atoms with E-state index in [0.717, 1.165) is 23.6 Å². The minimum Gasteiger partial charge on any atom is -0.481 e. The smallest absolute Gasteiger partial charge is 0.308 e. The molecule has 1 aromatic heterocycles. The molecular formula is C11H14O2S. The predicted molar refractivity (Wildman–Crippen MR) is 56.8 cm³/mol. The van der Waals surface area contributed by atoms with Crippen LogP contribution in [0.2, 0.25) is 0 Å². The lowest BCUT2D eigenvalue weighted by atomic mass is 10.0. The van der Waals surface area contributed by atoms with Crippen molar-refractivity contribution in [3.05, 3.63) is 21.4 Å². The van der Waals surface area contributed by atoms with Crippen LogP contribution in [-0.2, 0) is 24.1 Å². The van der Waals surface area contributed by atoms with E-state index in [2.05, 4.69) is 13.0 Å². The zero-order chi connectivity index (χ0) is 10.1. The van der Waals surface area contributed by atoms with Gasteiger partial charge in [-0.1, -0.05) is 13.3 Å². The van der Waals surface area contributed by atoms with E-state index in [4.69, 9.17) is 5.11 Å². The summed E-state index contributed by atoms with van der Waals surface area (Å²) in [7, 11) is 0. The van der Waals surface area contributed by atoms with Crippen LogP contribution in [0.25, 0.3) is 0 Å². The standard InChI is InChI=1S/C11H14O2S/c1-2-7-3-8-5-9(6-11(12)13)14-10(8)4-7/h5,7H,2-4,6H2,1H3,(H,12,13). The third kappa shape index (κ3) is 1.82. The van der Waals surface area contributed by atoms with Gasteiger partial charge in [0.15, 0.2) is 0 Å². The fourth-order valence-electron chi connectivity index (χ4n) is 2.04. The van der Waals surface area contributed by atoms with Crippen molar-refractivity contribution in [1.82, 2.24) is 0 Å². The summed E-state index contributed by atoms with van der Waals surface area (Å²) >= 11 is 1.69. The van der Waals surface area contributed by atoms with Crippen molar-refractivity contribution in [2.45, 2.75) is 32.6 Å². The second kappa shape index (κ2) is 3.73. The lowest BCUT2D eigenvalue weighted by Gasteiger charge is -2.02. The maximum atomic E-state index is 10.5. The fraction of sp³-hybridized carbons (Fsp3) is 0.545. The number of hydrogen-bond donors (Lipinski definition) is 1. The van der Waals surface area contributed by atoms with Gasteiger partial charge in [0, 0.05) is 9.75 Å². The second-order valence-electron chi connectivity index (χ2n) is 3.91. The summed E-state index contributed by atoms with van der Waals surface area (Å²) in [6, 6.07) is 2.09. The summed E-state index contributed by atoms with van der Waals surface area (Å²) in [6.45, 7) is 2.22. The van der Waals surface area contributed by atoms with Gasteiger partial charge in [-0.2, -0.15) is 0 Å². The number of fused-ring (bicyclic) bond motifs is 1. The third-order valence-electron chi connectivity index (χ3n) is 2.83. The van der Waals surface area contributed by atoms with E-state index in [9.17, 15) is 4.79 Å². The Morgan fingerprint density at radius 3 is 3.00 bits per heavy atom. The Bertz CT molecular complexity index is 331. The SMILES string of the molecule is CCC1Cc2cc(CC(=O)O)sc2C1. The molecule has 1 aromatic rings. The molecule has 1 aliphatic carbocycles. The minimum atomic E-state index is -0.725. The number of carboxylic acids is 1. The molecule has 0 saturated carbocycles. The monoisotopic (exact) mass is 210 g/mol. The zero-order valence-electron chi connectivity index (χ0n) is 8.25. The van der Waals surface area contributed by atoms with Gasteiger partial charge in [0.25, 0.3) is 0 Å². The molecule has 76 valence electrons. The van der Waals surface area contributed by atoms with Crippen LogP contribution >= 0.6 is 11.3 Å². The molecule has 1 N–H and O–H groups in total. The quantitative estimate of drug-likeness (QED) is 0.832. The molecule has 14 heavy (non-hydrogen) atoms. The van der Waals surface area contributed by atoms with Gasteiger partial charge in [0.05, 0.1) is 6.42 Å². The summed E-state index contributed by atoms with van der Waals surface area (Å²) in [5, 5.41) is 8.66. The van der Waals surface area contributed by atoms with Crippen LogP contribution in [0, 0.1) is 5.92 Å². The molecule has 0 aromatic carbocycles. The van der Waals surface area contributed by atoms with Gasteiger partial charge < -0.3 is 5.11 Å². The van der Waals surface area contributed by atoms with Gasteiger partial charge in [-0.3, -0.25) is 4.79 Å². The first-order valence-electron chi connectivity index (χ1n) is 5.01. The van der Waals surface area contributed by atoms with Crippen LogP contribution < -0.4 is 0 Å². The Balaban J connectivity index is 2.10. The molecule has 0 saturated heterocycles. The molecule has 0 radical (unpaired) electrons. The van der Waals surface area contributed by atoms with Crippen molar-refractivity contribution in [3.8, 4) is 0 Å². The first kappa shape index (κ1) is 9.71. The highest BCUT2D eigenvalue weighted by atomic mass is 32.1. The maximum Gasteiger partial charge on any atom is 0.308 e. The average molecular weight is 210 g/mol. The Morgan fingerprint density at radius 2 is 2.43 bits per heavy atom. The van der Waals surface area contributed by atoms with Crippen LogP contribution in [0.3, 0.4) is 0 Å². The number of hydrogen-bond acceptors (Lipinski definition) is 2. The zero-order valence-corrected chi connectivity index (χ0v) is 9.06. The van der Waals surface area contributed by atoms with Crippen LogP contribution in [-0.4, -0.2) is 11.1 Å². The molecule has 1 atom stereocenters. The molecule has 2 rings (SSSR count). The molecule has 0 bridgehead atoms. The molecule has 0 aliphatic heterocycles. The Morgan fingerprint density at radius 1 is 1.64 bits per heavy atom. The summed E-state index contributed by atoms with van der Waals surface area (Å²) in [4.78, 5) is 13.0. The molecule has 2 nitrogen and oxygen atoms in total. The Labute approximate surface area is 87.6 Å². The molecule has 1 heterocycles. The highest BCUT2D eigenvalue weighted by Gasteiger charge is 2.22. The topological polar surface area (TPSA) is 37.3 Å². The van der Waals surface area contributed by atoms with Crippen LogP contribution in [0.15, 0.2) is 6.07 Å². The molecular weight excluding hydrogens is 196 g/mol. The lowest BCUT2D eigenvalue weighted by Crippen LogP contribution is -1.99. The van der Waals surface area contributed by atoms with Crippen molar-refractivity contribution < 1.29 is 9.90 Å². The molecule has 3 heteroatoms. The van der Waals surface area contributed by atoms with E-state index in [-0.39, 0.29) is 6.42 Å². The number of thiophene rings is 1. The minimum absolute atomic E-state index is 0.189. The Hall–Kier alpha value is -0.830. The molecule has 0 fully saturated rings. The largest absolute Gasteiger partial charge is 0.481 e. The summed E-state index contributed by atoms with van der Waals surface area (Å²) in [6.07, 6.45) is 3.74. The first-order valence-corrected chi connectivity index (χ1v) is 5.83. The summed E-state index contributed by atoms with van der Waals surface area (Å²) in [5.41, 5.74) is 1.40. The van der Waals surface area contributed by atoms with Crippen molar-refractivity contribution in [2.24, 2.45) is 5.92 Å². The van der Waals surface area contributed by atoms with Gasteiger partial charge in [0.2, 0.25) is 0 Å². The molecule has 1 unspecified atom stereocenters. The normalized spacial score (nSPS) is 19.6. The van der Waals surface area contributed by atoms with Crippen LogP contribution in [0.5, 0.6) is 0 Å². The van der Waals surface area contributed by atoms with Crippen LogP contribution in [0.1, 0.15) is 28.7 Å². The van der Waals surface area contributed by atoms with E-state index in [0.29, 0.717) is 0 Å². The number of carboxylic acid groups (broad SMARTS) is 1. The fourth-order valence-corrected chi connectivity index (χ4v) is 3.35. The van der Waals surface area contributed by atoms with Gasteiger partial charge in [0.1, 0.15) is 0 Å². The first-order chi connectivity index (χ1) is 6.69. The van der Waals surface area contributed by atoms with E-state index in [1.165, 1.54) is 16.9 Å². The Kier molecular flexibility index (Phi) is 2.59. The maximum absolute atomic E-state index is 10.5. The van der Waals surface area contributed by atoms with Gasteiger partial charge in [-0.05, 0) is 30.4 Å². The van der Waals surface area contributed by atoms with E-state index in [1.807, 2.05) is 0 Å². The highest BCUT2D eigenvalue weighted by molar-refractivity contribution is 7.12. The van der Waals surface area contributed by atoms with Crippen LogP contribution in [0.4, 0.5) is 0 Å². The van der Waals surface area contributed by atoms with E-state index < -0.39 is 5.97 Å². The highest BCUT2D eigenvalue weighted by Crippen LogP contribution is 2.35. The number of aliphatic carboxylic acids is 1. The third-order valence-corrected chi connectivity index (χ3v) is 4.03. The molecule has 1 aliphatic rings. The van der Waals surface area contributed by atoms with E-state index in [1.54, 1.807) is 11.3 Å². The van der Waals surface area contributed by atoms with E-state index >= 15 is 0 Å². The van der Waals surface area contributed by atoms with Gasteiger partial charge in [-0.25, -0.2) is 0 Å². The van der Waals surface area contributed by atoms with Crippen molar-refractivity contribution in [1.29, 1.82) is 0 Å². The van der Waals surface area contributed by atoms with Gasteiger partial charge >= 0.3 is 5.97 Å². The van der Waals surface area contributed by atoms with Gasteiger partial charge in [-0.15, -0.1) is 11.3 Å². The van der Waals surface area contributed by atoms with Crippen molar-refractivity contribution in [3.63, 3.8) is 0 Å². The predicted octanol–water partition coefficient (Wildman–Crippen LogP) is 2.50. The van der Waals surface area contributed by atoms with Crippen molar-refractivity contribution in [2.75, 3.05) is 0 Å². The number of carbonyl (C=O) groups is 1. The number of rotatable bonds is 3. The average Bonchev–Trinajstić information content (AvgIpc) is 2.59. The second-order valence-corrected chi connectivity index (χ2v) is 5.14. The molecule has 0 spiro atoms. The molecule has 0 amide bonds. The summed E-state index contributed by atoms with van der Waals surface area (Å²) < 4.78 is 0. The van der Waals surface area contributed by atoms with Crippen molar-refractivity contribution >= 4 is 17.3 Å². The lowest BCUT2D eigenvalue weighted by molar-refractivity contribution is -0.136. The summed E-state index contributed by atoms with van der Waals surface area (Å²) in [5.74, 6) is 0.0760.